The summed E-state index contributed by atoms with van der Waals surface area (Å²) < 4.78 is 14.9. The summed E-state index contributed by atoms with van der Waals surface area (Å²) in [7, 11) is 2.70. The van der Waals surface area contributed by atoms with Gasteiger partial charge in [0.2, 0.25) is 0 Å². The largest absolute Gasteiger partial charge is 0.495 e. The number of anilines is 1. The number of carbonyl (C=O) groups is 2. The lowest BCUT2D eigenvalue weighted by Crippen LogP contribution is -2.21. The van der Waals surface area contributed by atoms with Crippen molar-refractivity contribution in [1.82, 2.24) is 0 Å². The summed E-state index contributed by atoms with van der Waals surface area (Å²) in [5.74, 6) is -1.15. The van der Waals surface area contributed by atoms with Crippen LogP contribution in [0.15, 0.2) is 30.3 Å². The number of nitrogens with zero attached hydrogens (tertiary/aromatic N) is 1. The van der Waals surface area contributed by atoms with Crippen molar-refractivity contribution in [1.29, 1.82) is 0 Å². The quantitative estimate of drug-likeness (QED) is 0.424. The summed E-state index contributed by atoms with van der Waals surface area (Å²) in [6.07, 6.45) is 0. The summed E-state index contributed by atoms with van der Waals surface area (Å²) in [5, 5.41) is 14.1. The highest BCUT2D eigenvalue weighted by Crippen LogP contribution is 2.31. The fourth-order valence-corrected chi connectivity index (χ4v) is 2.44. The monoisotopic (exact) mass is 408 g/mol. The van der Waals surface area contributed by atoms with Gasteiger partial charge in [-0.25, -0.2) is 4.79 Å². The number of nitrogens with one attached hydrogen (secondary N) is 1. The smallest absolute Gasteiger partial charge is 0.338 e. The Morgan fingerprint density at radius 1 is 1.14 bits per heavy atom. The minimum atomic E-state index is -0.889. The molecular formula is C18H17ClN2O7. The van der Waals surface area contributed by atoms with Crippen LogP contribution in [0.3, 0.4) is 0 Å². The van der Waals surface area contributed by atoms with Gasteiger partial charge in [-0.1, -0.05) is 11.6 Å². The van der Waals surface area contributed by atoms with Crippen LogP contribution in [-0.4, -0.2) is 37.6 Å². The van der Waals surface area contributed by atoms with Gasteiger partial charge in [0.05, 0.1) is 30.4 Å². The number of methoxy groups -OCH3 is 2. The first kappa shape index (κ1) is 21.0. The molecule has 1 amide bonds. The van der Waals surface area contributed by atoms with E-state index in [4.69, 9.17) is 25.8 Å². The van der Waals surface area contributed by atoms with E-state index in [1.54, 1.807) is 19.1 Å². The predicted octanol–water partition coefficient (Wildman–Crippen LogP) is 3.37. The van der Waals surface area contributed by atoms with E-state index in [1.807, 2.05) is 0 Å². The molecule has 0 atom stereocenters. The molecule has 0 unspecified atom stereocenters. The molecule has 0 heterocycles. The van der Waals surface area contributed by atoms with Gasteiger partial charge in [-0.15, -0.1) is 0 Å². The molecule has 148 valence electrons. The number of ether oxygens (including phenoxy) is 3. The number of nitro benzene ring substituents is 1. The molecule has 1 N–H and O–H groups in total. The van der Waals surface area contributed by atoms with Crippen LogP contribution < -0.4 is 14.8 Å². The molecule has 0 fully saturated rings. The SMILES string of the molecule is COc1cc(Cl)c(C)cc1NC(=O)COC(=O)c1ccc(OC)c([N+](=O)[O-])c1. The van der Waals surface area contributed by atoms with Crippen molar-refractivity contribution < 1.29 is 28.7 Å². The van der Waals surface area contributed by atoms with Crippen LogP contribution in [0.25, 0.3) is 0 Å². The maximum absolute atomic E-state index is 12.1. The molecule has 0 radical (unpaired) electrons. The topological polar surface area (TPSA) is 117 Å². The average Bonchev–Trinajstić information content (AvgIpc) is 2.68. The van der Waals surface area contributed by atoms with E-state index >= 15 is 0 Å². The van der Waals surface area contributed by atoms with Crippen LogP contribution in [0.4, 0.5) is 11.4 Å². The molecule has 0 bridgehead atoms. The van der Waals surface area contributed by atoms with Crippen molar-refractivity contribution >= 4 is 34.9 Å². The number of hydrogen-bond donors (Lipinski definition) is 1. The molecule has 2 aromatic carbocycles. The predicted molar refractivity (Wildman–Crippen MR) is 101 cm³/mol. The zero-order chi connectivity index (χ0) is 20.8. The van der Waals surface area contributed by atoms with Crippen molar-refractivity contribution in [3.05, 3.63) is 56.6 Å². The second-order valence-electron chi connectivity index (χ2n) is 5.57. The van der Waals surface area contributed by atoms with Gasteiger partial charge in [0.1, 0.15) is 5.75 Å². The summed E-state index contributed by atoms with van der Waals surface area (Å²) in [5.41, 5.74) is 0.619. The zero-order valence-electron chi connectivity index (χ0n) is 15.3. The van der Waals surface area contributed by atoms with E-state index in [0.717, 1.165) is 11.6 Å². The number of halogens is 1. The lowest BCUT2D eigenvalue weighted by Gasteiger charge is -2.12. The van der Waals surface area contributed by atoms with Crippen LogP contribution in [0, 0.1) is 17.0 Å². The Morgan fingerprint density at radius 3 is 2.43 bits per heavy atom. The second kappa shape index (κ2) is 9.05. The third-order valence-corrected chi connectivity index (χ3v) is 4.11. The fraction of sp³-hybridized carbons (Fsp3) is 0.222. The third kappa shape index (κ3) is 4.89. The van der Waals surface area contributed by atoms with Crippen LogP contribution in [-0.2, 0) is 9.53 Å². The number of nitro groups is 1. The highest BCUT2D eigenvalue weighted by Gasteiger charge is 2.20. The normalized spacial score (nSPS) is 10.1. The first-order chi connectivity index (χ1) is 13.3. The molecule has 0 saturated carbocycles. The molecule has 0 aliphatic carbocycles. The third-order valence-electron chi connectivity index (χ3n) is 3.70. The van der Waals surface area contributed by atoms with Gasteiger partial charge in [-0.2, -0.15) is 0 Å². The minimum Gasteiger partial charge on any atom is -0.495 e. The summed E-state index contributed by atoms with van der Waals surface area (Å²) >= 11 is 6.01. The molecule has 2 rings (SSSR count). The minimum absolute atomic E-state index is 0.00416. The molecule has 28 heavy (non-hydrogen) atoms. The number of carbonyl (C=O) groups excluding carboxylic acids is 2. The number of rotatable bonds is 7. The van der Waals surface area contributed by atoms with E-state index in [2.05, 4.69) is 5.32 Å². The van der Waals surface area contributed by atoms with Gasteiger partial charge in [0.15, 0.2) is 12.4 Å². The molecule has 10 heteroatoms. The summed E-state index contributed by atoms with van der Waals surface area (Å²) in [6, 6.07) is 6.77. The molecule has 0 aromatic heterocycles. The van der Waals surface area contributed by atoms with Crippen LogP contribution >= 0.6 is 11.6 Å². The Kier molecular flexibility index (Phi) is 6.78. The zero-order valence-corrected chi connectivity index (χ0v) is 16.0. The van der Waals surface area contributed by atoms with Gasteiger partial charge < -0.3 is 19.5 Å². The summed E-state index contributed by atoms with van der Waals surface area (Å²) in [6.45, 7) is 1.16. The first-order valence-electron chi connectivity index (χ1n) is 7.90. The lowest BCUT2D eigenvalue weighted by atomic mass is 10.2. The lowest BCUT2D eigenvalue weighted by molar-refractivity contribution is -0.385. The number of esters is 1. The summed E-state index contributed by atoms with van der Waals surface area (Å²) in [4.78, 5) is 34.5. The van der Waals surface area contributed by atoms with Crippen molar-refractivity contribution in [3.8, 4) is 11.5 Å². The number of aryl methyl sites for hydroxylation is 1. The van der Waals surface area contributed by atoms with Crippen molar-refractivity contribution in [2.45, 2.75) is 6.92 Å². The van der Waals surface area contributed by atoms with E-state index in [0.29, 0.717) is 16.5 Å². The van der Waals surface area contributed by atoms with E-state index < -0.39 is 23.4 Å². The molecule has 0 saturated heterocycles. The Labute approximate surface area is 165 Å². The molecule has 2 aromatic rings. The second-order valence-corrected chi connectivity index (χ2v) is 5.98. The molecule has 9 nitrogen and oxygen atoms in total. The number of benzene rings is 2. The Bertz CT molecular complexity index is 930. The maximum Gasteiger partial charge on any atom is 0.338 e. The van der Waals surface area contributed by atoms with Gasteiger partial charge in [0, 0.05) is 17.2 Å². The van der Waals surface area contributed by atoms with E-state index in [1.165, 1.54) is 26.4 Å². The van der Waals surface area contributed by atoms with Crippen LogP contribution in [0.5, 0.6) is 11.5 Å². The van der Waals surface area contributed by atoms with E-state index in [9.17, 15) is 19.7 Å². The molecular weight excluding hydrogens is 392 g/mol. The standard InChI is InChI=1S/C18H17ClN2O7/c1-10-6-13(16(27-3)8-12(10)19)20-17(22)9-28-18(23)11-4-5-15(26-2)14(7-11)21(24)25/h4-8H,9H2,1-3H3,(H,20,22). The van der Waals surface area contributed by atoms with E-state index in [-0.39, 0.29) is 17.0 Å². The van der Waals surface area contributed by atoms with Gasteiger partial charge in [-0.3, -0.25) is 14.9 Å². The van der Waals surface area contributed by atoms with Crippen molar-refractivity contribution in [2.24, 2.45) is 0 Å². The van der Waals surface area contributed by atoms with Gasteiger partial charge in [0.25, 0.3) is 5.91 Å². The molecule has 0 aliphatic heterocycles. The number of amides is 1. The molecule has 0 aliphatic rings. The Hall–Kier alpha value is -3.33. The fourth-order valence-electron chi connectivity index (χ4n) is 2.29. The Balaban J connectivity index is 2.05. The Morgan fingerprint density at radius 2 is 1.82 bits per heavy atom. The first-order valence-corrected chi connectivity index (χ1v) is 8.28. The number of hydrogen-bond acceptors (Lipinski definition) is 7. The average molecular weight is 409 g/mol. The van der Waals surface area contributed by atoms with Crippen molar-refractivity contribution in [3.63, 3.8) is 0 Å². The van der Waals surface area contributed by atoms with Gasteiger partial charge >= 0.3 is 11.7 Å². The van der Waals surface area contributed by atoms with Crippen molar-refractivity contribution in [2.75, 3.05) is 26.1 Å². The van der Waals surface area contributed by atoms with Crippen LogP contribution in [0.1, 0.15) is 15.9 Å². The van der Waals surface area contributed by atoms with Crippen LogP contribution in [0.2, 0.25) is 5.02 Å². The highest BCUT2D eigenvalue weighted by molar-refractivity contribution is 6.31. The molecule has 0 spiro atoms. The highest BCUT2D eigenvalue weighted by atomic mass is 35.5. The maximum atomic E-state index is 12.1. The van der Waals surface area contributed by atoms with Gasteiger partial charge in [-0.05, 0) is 30.7 Å².